The Morgan fingerprint density at radius 3 is 2.20 bits per heavy atom. The molecular weight excluding hydrogens is 272 g/mol. The van der Waals surface area contributed by atoms with E-state index in [1.165, 1.54) is 0 Å². The lowest BCUT2D eigenvalue weighted by Crippen LogP contribution is -2.15. The Labute approximate surface area is 119 Å². The predicted molar refractivity (Wildman–Crippen MR) is 81.7 cm³/mol. The van der Waals surface area contributed by atoms with Crippen molar-refractivity contribution in [3.8, 4) is 0 Å². The highest BCUT2D eigenvalue weighted by atomic mass is 32.2. The predicted octanol–water partition coefficient (Wildman–Crippen LogP) is 2.65. The Morgan fingerprint density at radius 1 is 1.05 bits per heavy atom. The Morgan fingerprint density at radius 2 is 1.65 bits per heavy atom. The van der Waals surface area contributed by atoms with Crippen LogP contribution in [0.3, 0.4) is 0 Å². The third-order valence-corrected chi connectivity index (χ3v) is 4.17. The molecule has 0 aliphatic carbocycles. The van der Waals surface area contributed by atoms with Crippen LogP contribution >= 0.6 is 0 Å². The van der Waals surface area contributed by atoms with Crippen LogP contribution in [0.25, 0.3) is 0 Å². The maximum absolute atomic E-state index is 12.1. The molecule has 1 unspecified atom stereocenters. The first-order chi connectivity index (χ1) is 9.46. The van der Waals surface area contributed by atoms with Crippen LogP contribution < -0.4 is 10.5 Å². The molecule has 1 atom stereocenters. The number of sulfonamides is 1. The Balaban J connectivity index is 2.08. The summed E-state index contributed by atoms with van der Waals surface area (Å²) in [6.07, 6.45) is 0. The second-order valence-corrected chi connectivity index (χ2v) is 6.48. The minimum atomic E-state index is -3.40. The Kier molecular flexibility index (Phi) is 4.42. The molecule has 20 heavy (non-hydrogen) atoms. The highest BCUT2D eigenvalue weighted by Crippen LogP contribution is 2.16. The normalized spacial score (nSPS) is 12.9. The minimum absolute atomic E-state index is 0.0388. The topological polar surface area (TPSA) is 72.2 Å². The highest BCUT2D eigenvalue weighted by Gasteiger charge is 2.11. The van der Waals surface area contributed by atoms with E-state index in [2.05, 4.69) is 4.72 Å². The van der Waals surface area contributed by atoms with E-state index >= 15 is 0 Å². The molecule has 0 aromatic heterocycles. The van der Waals surface area contributed by atoms with E-state index in [0.717, 1.165) is 11.1 Å². The molecule has 0 bridgehead atoms. The largest absolute Gasteiger partial charge is 0.324 e. The van der Waals surface area contributed by atoms with Crippen molar-refractivity contribution in [2.45, 2.75) is 18.7 Å². The Hall–Kier alpha value is -1.85. The third kappa shape index (κ3) is 4.08. The molecule has 0 saturated heterocycles. The smallest absolute Gasteiger partial charge is 0.236 e. The SMILES string of the molecule is CC(N)c1ccc(NS(=O)(=O)Cc2ccccc2)cc1. The van der Waals surface area contributed by atoms with E-state index in [0.29, 0.717) is 5.69 Å². The first-order valence-electron chi connectivity index (χ1n) is 6.36. The molecular formula is C15H18N2O2S. The molecule has 0 aliphatic rings. The van der Waals surface area contributed by atoms with Crippen molar-refractivity contribution in [3.05, 3.63) is 65.7 Å². The number of benzene rings is 2. The first-order valence-corrected chi connectivity index (χ1v) is 8.01. The van der Waals surface area contributed by atoms with Crippen LogP contribution in [0, 0.1) is 0 Å². The molecule has 2 aromatic rings. The van der Waals surface area contributed by atoms with E-state index in [1.54, 1.807) is 24.3 Å². The molecule has 0 radical (unpaired) electrons. The fourth-order valence-electron chi connectivity index (χ4n) is 1.86. The standard InChI is InChI=1S/C15H18N2O2S/c1-12(16)14-7-9-15(10-8-14)17-20(18,19)11-13-5-3-2-4-6-13/h2-10,12,17H,11,16H2,1H3. The third-order valence-electron chi connectivity index (χ3n) is 2.91. The monoisotopic (exact) mass is 290 g/mol. The number of hydrogen-bond acceptors (Lipinski definition) is 3. The first kappa shape index (κ1) is 14.6. The quantitative estimate of drug-likeness (QED) is 0.889. The van der Waals surface area contributed by atoms with Crippen LogP contribution in [0.5, 0.6) is 0 Å². The lowest BCUT2D eigenvalue weighted by atomic mass is 10.1. The van der Waals surface area contributed by atoms with Gasteiger partial charge in [0.1, 0.15) is 0 Å². The van der Waals surface area contributed by atoms with E-state index in [9.17, 15) is 8.42 Å². The summed E-state index contributed by atoms with van der Waals surface area (Å²) in [5, 5.41) is 0. The fraction of sp³-hybridized carbons (Fsp3) is 0.200. The lowest BCUT2D eigenvalue weighted by Gasteiger charge is -2.10. The molecule has 2 rings (SSSR count). The Bertz CT molecular complexity index is 650. The summed E-state index contributed by atoms with van der Waals surface area (Å²) in [6, 6.07) is 16.1. The average molecular weight is 290 g/mol. The molecule has 0 amide bonds. The van der Waals surface area contributed by atoms with Gasteiger partial charge in [-0.15, -0.1) is 0 Å². The van der Waals surface area contributed by atoms with Crippen molar-refractivity contribution in [2.75, 3.05) is 4.72 Å². The van der Waals surface area contributed by atoms with Gasteiger partial charge in [0.15, 0.2) is 0 Å². The van der Waals surface area contributed by atoms with Gasteiger partial charge < -0.3 is 5.73 Å². The van der Waals surface area contributed by atoms with E-state index < -0.39 is 10.0 Å². The van der Waals surface area contributed by atoms with Gasteiger partial charge in [-0.25, -0.2) is 8.42 Å². The summed E-state index contributed by atoms with van der Waals surface area (Å²) < 4.78 is 26.7. The second kappa shape index (κ2) is 6.07. The van der Waals surface area contributed by atoms with Crippen molar-refractivity contribution >= 4 is 15.7 Å². The molecule has 2 aromatic carbocycles. The van der Waals surface area contributed by atoms with E-state index in [1.807, 2.05) is 37.3 Å². The maximum Gasteiger partial charge on any atom is 0.236 e. The van der Waals surface area contributed by atoms with Crippen molar-refractivity contribution < 1.29 is 8.42 Å². The lowest BCUT2D eigenvalue weighted by molar-refractivity contribution is 0.600. The van der Waals surface area contributed by atoms with Gasteiger partial charge in [-0.1, -0.05) is 42.5 Å². The van der Waals surface area contributed by atoms with E-state index in [4.69, 9.17) is 5.73 Å². The van der Waals surface area contributed by atoms with Gasteiger partial charge >= 0.3 is 0 Å². The minimum Gasteiger partial charge on any atom is -0.324 e. The summed E-state index contributed by atoms with van der Waals surface area (Å²) in [7, 11) is -3.40. The van der Waals surface area contributed by atoms with E-state index in [-0.39, 0.29) is 11.8 Å². The fourth-order valence-corrected chi connectivity index (χ4v) is 3.06. The van der Waals surface area contributed by atoms with Crippen LogP contribution in [-0.4, -0.2) is 8.42 Å². The van der Waals surface area contributed by atoms with Crippen LogP contribution in [0.15, 0.2) is 54.6 Å². The average Bonchev–Trinajstić information content (AvgIpc) is 2.39. The molecule has 0 saturated carbocycles. The van der Waals surface area contributed by atoms with Crippen LogP contribution in [-0.2, 0) is 15.8 Å². The van der Waals surface area contributed by atoms with Gasteiger partial charge in [-0.2, -0.15) is 0 Å². The van der Waals surface area contributed by atoms with Crippen LogP contribution in [0.1, 0.15) is 24.1 Å². The van der Waals surface area contributed by atoms with Gasteiger partial charge in [0.25, 0.3) is 0 Å². The summed E-state index contributed by atoms with van der Waals surface area (Å²) in [5.41, 5.74) is 8.03. The molecule has 0 aliphatic heterocycles. The molecule has 5 heteroatoms. The van der Waals surface area contributed by atoms with Gasteiger partial charge in [-0.05, 0) is 30.2 Å². The van der Waals surface area contributed by atoms with Gasteiger partial charge in [0, 0.05) is 11.7 Å². The molecule has 0 heterocycles. The van der Waals surface area contributed by atoms with Gasteiger partial charge in [-0.3, -0.25) is 4.72 Å². The number of hydrogen-bond donors (Lipinski definition) is 2. The van der Waals surface area contributed by atoms with Crippen molar-refractivity contribution in [2.24, 2.45) is 5.73 Å². The number of nitrogens with one attached hydrogen (secondary N) is 1. The summed E-state index contributed by atoms with van der Waals surface area (Å²) >= 11 is 0. The molecule has 3 N–H and O–H groups in total. The maximum atomic E-state index is 12.1. The van der Waals surface area contributed by atoms with Crippen molar-refractivity contribution in [1.82, 2.24) is 0 Å². The molecule has 0 spiro atoms. The summed E-state index contributed by atoms with van der Waals surface area (Å²) in [4.78, 5) is 0. The molecule has 0 fully saturated rings. The second-order valence-electron chi connectivity index (χ2n) is 4.76. The number of rotatable bonds is 5. The highest BCUT2D eigenvalue weighted by molar-refractivity contribution is 7.91. The number of anilines is 1. The van der Waals surface area contributed by atoms with Crippen molar-refractivity contribution in [1.29, 1.82) is 0 Å². The van der Waals surface area contributed by atoms with Gasteiger partial charge in [0.2, 0.25) is 10.0 Å². The van der Waals surface area contributed by atoms with Crippen LogP contribution in [0.2, 0.25) is 0 Å². The van der Waals surface area contributed by atoms with Crippen LogP contribution in [0.4, 0.5) is 5.69 Å². The number of nitrogens with two attached hydrogens (primary N) is 1. The zero-order valence-corrected chi connectivity index (χ0v) is 12.1. The van der Waals surface area contributed by atoms with Crippen molar-refractivity contribution in [3.63, 3.8) is 0 Å². The summed E-state index contributed by atoms with van der Waals surface area (Å²) in [5.74, 6) is -0.0388. The zero-order valence-electron chi connectivity index (χ0n) is 11.3. The molecule has 4 nitrogen and oxygen atoms in total. The van der Waals surface area contributed by atoms with Gasteiger partial charge in [0.05, 0.1) is 5.75 Å². The summed E-state index contributed by atoms with van der Waals surface area (Å²) in [6.45, 7) is 1.88. The molecule has 106 valence electrons. The zero-order chi connectivity index (χ0) is 14.6.